The van der Waals surface area contributed by atoms with Crippen LogP contribution in [-0.4, -0.2) is 40.1 Å². The molecule has 2 aromatic carbocycles. The quantitative estimate of drug-likeness (QED) is 0.575. The van der Waals surface area contributed by atoms with E-state index < -0.39 is 23.4 Å². The topological polar surface area (TPSA) is 70.4 Å². The van der Waals surface area contributed by atoms with Gasteiger partial charge < -0.3 is 15.3 Å². The zero-order valence-electron chi connectivity index (χ0n) is 19.8. The van der Waals surface area contributed by atoms with E-state index in [2.05, 4.69) is 10.4 Å². The predicted molar refractivity (Wildman–Crippen MR) is 129 cm³/mol. The zero-order chi connectivity index (χ0) is 25.1. The van der Waals surface area contributed by atoms with Gasteiger partial charge in [0, 0.05) is 35.9 Å². The molecule has 6 nitrogen and oxygen atoms in total. The van der Waals surface area contributed by atoms with E-state index in [1.165, 1.54) is 12.1 Å². The van der Waals surface area contributed by atoms with Crippen LogP contribution >= 0.6 is 0 Å². The van der Waals surface area contributed by atoms with Crippen molar-refractivity contribution in [3.63, 3.8) is 0 Å². The van der Waals surface area contributed by atoms with Gasteiger partial charge in [-0.05, 0) is 63.9 Å². The number of fused-ring (bicyclic) bond motifs is 1. The number of aliphatic hydroxyl groups excluding tert-OH is 1. The van der Waals surface area contributed by atoms with Crippen LogP contribution in [0, 0.1) is 13.8 Å². The Morgan fingerprint density at radius 2 is 1.83 bits per heavy atom. The van der Waals surface area contributed by atoms with Gasteiger partial charge in [-0.2, -0.15) is 23.0 Å². The summed E-state index contributed by atoms with van der Waals surface area (Å²) in [5.41, 5.74) is 2.90. The highest BCUT2D eigenvalue weighted by Crippen LogP contribution is 2.38. The first-order chi connectivity index (χ1) is 16.5. The summed E-state index contributed by atoms with van der Waals surface area (Å²) < 4.78 is 43.2. The molecular formula is C26H27F3N4O2. The Kier molecular flexibility index (Phi) is 5.62. The molecule has 9 heteroatoms. The Hall–Kier alpha value is -3.33. The Morgan fingerprint density at radius 3 is 2.46 bits per heavy atom. The molecule has 2 unspecified atom stereocenters. The minimum atomic E-state index is -4.68. The number of alkyl halides is 3. The molecule has 3 aromatic rings. The Bertz CT molecular complexity index is 1350. The Balaban J connectivity index is 1.77. The smallest absolute Gasteiger partial charge is 0.391 e. The largest absolute Gasteiger partial charge is 0.418 e. The number of anilines is 2. The first-order valence-electron chi connectivity index (χ1n) is 11.7. The average Bonchev–Trinajstić information content (AvgIpc) is 3.38. The second-order valence-corrected chi connectivity index (χ2v) is 9.63. The fourth-order valence-corrected chi connectivity index (χ4v) is 5.13. The number of aromatic nitrogens is 2. The second kappa shape index (κ2) is 8.41. The standard InChI is InChI=1S/C26H27F3N4O2/c1-14-8-15(2)10-17(9-14)23-20-11-16(3)30-24(20)25(35)33(31-23)22-12-18(32-7-6-19(34)13-32)4-5-21(22)26(27,28)29/h4-5,8-10,12,16,19,30,34H,6-7,11,13H2,1-3H3. The summed E-state index contributed by atoms with van der Waals surface area (Å²) in [7, 11) is 0. The van der Waals surface area contributed by atoms with Gasteiger partial charge in [-0.3, -0.25) is 4.79 Å². The van der Waals surface area contributed by atoms with Gasteiger partial charge in [0.25, 0.3) is 5.56 Å². The monoisotopic (exact) mass is 484 g/mol. The van der Waals surface area contributed by atoms with Crippen LogP contribution in [-0.2, 0) is 12.6 Å². The summed E-state index contributed by atoms with van der Waals surface area (Å²) in [6, 6.07) is 9.55. The molecule has 0 radical (unpaired) electrons. The summed E-state index contributed by atoms with van der Waals surface area (Å²) >= 11 is 0. The molecule has 1 saturated heterocycles. The van der Waals surface area contributed by atoms with Gasteiger partial charge in [-0.25, -0.2) is 0 Å². The summed E-state index contributed by atoms with van der Waals surface area (Å²) in [5, 5.41) is 17.6. The van der Waals surface area contributed by atoms with Crippen LogP contribution in [0.2, 0.25) is 0 Å². The van der Waals surface area contributed by atoms with Crippen molar-refractivity contribution in [2.45, 2.75) is 51.9 Å². The van der Waals surface area contributed by atoms with E-state index >= 15 is 0 Å². The van der Waals surface area contributed by atoms with Gasteiger partial charge in [0.1, 0.15) is 5.69 Å². The number of aryl methyl sites for hydroxylation is 2. The molecule has 1 fully saturated rings. The van der Waals surface area contributed by atoms with Crippen molar-refractivity contribution in [2.24, 2.45) is 0 Å². The number of benzene rings is 2. The SMILES string of the molecule is Cc1cc(C)cc(-c2nn(-c3cc(N4CCC(O)C4)ccc3C(F)(F)F)c(=O)c3c2CC(C)N3)c1. The summed E-state index contributed by atoms with van der Waals surface area (Å²) in [5.74, 6) is 0. The lowest BCUT2D eigenvalue weighted by molar-refractivity contribution is -0.137. The number of hydrogen-bond acceptors (Lipinski definition) is 5. The van der Waals surface area contributed by atoms with Gasteiger partial charge >= 0.3 is 6.18 Å². The van der Waals surface area contributed by atoms with Gasteiger partial charge in [0.2, 0.25) is 0 Å². The van der Waals surface area contributed by atoms with Crippen molar-refractivity contribution in [1.29, 1.82) is 0 Å². The van der Waals surface area contributed by atoms with E-state index in [4.69, 9.17) is 0 Å². The van der Waals surface area contributed by atoms with Gasteiger partial charge in [-0.15, -0.1) is 0 Å². The normalized spacial score (nSPS) is 19.7. The molecule has 0 bridgehead atoms. The lowest BCUT2D eigenvalue weighted by Crippen LogP contribution is -2.28. The van der Waals surface area contributed by atoms with Gasteiger partial charge in [0.05, 0.1) is 23.0 Å². The number of nitrogens with one attached hydrogen (secondary N) is 1. The van der Waals surface area contributed by atoms with Crippen LogP contribution in [0.1, 0.15) is 35.6 Å². The van der Waals surface area contributed by atoms with Crippen molar-refractivity contribution in [3.05, 3.63) is 69.0 Å². The molecule has 5 rings (SSSR count). The van der Waals surface area contributed by atoms with Crippen LogP contribution < -0.4 is 15.8 Å². The average molecular weight is 485 g/mol. The van der Waals surface area contributed by atoms with Crippen LogP contribution in [0.5, 0.6) is 0 Å². The zero-order valence-corrected chi connectivity index (χ0v) is 19.8. The highest BCUT2D eigenvalue weighted by molar-refractivity contribution is 5.73. The van der Waals surface area contributed by atoms with E-state index in [0.717, 1.165) is 33.0 Å². The highest BCUT2D eigenvalue weighted by atomic mass is 19.4. The van der Waals surface area contributed by atoms with Gasteiger partial charge in [0.15, 0.2) is 0 Å². The van der Waals surface area contributed by atoms with Crippen molar-refractivity contribution < 1.29 is 18.3 Å². The fraction of sp³-hybridized carbons (Fsp3) is 0.385. The third-order valence-corrected chi connectivity index (χ3v) is 6.63. The van der Waals surface area contributed by atoms with Crippen molar-refractivity contribution >= 4 is 11.4 Å². The first-order valence-corrected chi connectivity index (χ1v) is 11.7. The number of halogens is 3. The van der Waals surface area contributed by atoms with Gasteiger partial charge in [-0.1, -0.05) is 17.2 Å². The summed E-state index contributed by atoms with van der Waals surface area (Å²) in [4.78, 5) is 15.3. The molecule has 0 amide bonds. The first kappa shape index (κ1) is 23.4. The number of β-amino-alcohol motifs (C(OH)–C–C–N with tert-alkyl or cyclic N) is 1. The second-order valence-electron chi connectivity index (χ2n) is 9.63. The molecular weight excluding hydrogens is 457 g/mol. The maximum absolute atomic E-state index is 14.1. The maximum Gasteiger partial charge on any atom is 0.418 e. The van der Waals surface area contributed by atoms with E-state index in [1.54, 1.807) is 0 Å². The predicted octanol–water partition coefficient (Wildman–Crippen LogP) is 4.46. The number of aliphatic hydroxyl groups is 1. The highest BCUT2D eigenvalue weighted by Gasteiger charge is 2.36. The van der Waals surface area contributed by atoms with E-state index in [1.807, 2.05) is 43.9 Å². The minimum Gasteiger partial charge on any atom is -0.391 e. The minimum absolute atomic E-state index is 0.0421. The maximum atomic E-state index is 14.1. The fourth-order valence-electron chi connectivity index (χ4n) is 5.13. The molecule has 184 valence electrons. The molecule has 2 aliphatic rings. The third-order valence-electron chi connectivity index (χ3n) is 6.63. The van der Waals surface area contributed by atoms with Crippen LogP contribution in [0.25, 0.3) is 16.9 Å². The van der Waals surface area contributed by atoms with Crippen molar-refractivity contribution in [1.82, 2.24) is 9.78 Å². The number of nitrogens with zero attached hydrogens (tertiary/aromatic N) is 3. The van der Waals surface area contributed by atoms with Crippen LogP contribution in [0.4, 0.5) is 24.5 Å². The van der Waals surface area contributed by atoms with E-state index in [9.17, 15) is 23.1 Å². The number of rotatable bonds is 3. The van der Waals surface area contributed by atoms with Crippen molar-refractivity contribution in [2.75, 3.05) is 23.3 Å². The lowest BCUT2D eigenvalue weighted by Gasteiger charge is -2.22. The van der Waals surface area contributed by atoms with E-state index in [0.29, 0.717) is 37.3 Å². The third kappa shape index (κ3) is 4.29. The van der Waals surface area contributed by atoms with E-state index in [-0.39, 0.29) is 17.4 Å². The Labute approximate surface area is 201 Å². The summed E-state index contributed by atoms with van der Waals surface area (Å²) in [6.07, 6.45) is -4.13. The van der Waals surface area contributed by atoms with Crippen LogP contribution in [0.15, 0.2) is 41.2 Å². The molecule has 2 N–H and O–H groups in total. The number of hydrogen-bond donors (Lipinski definition) is 2. The molecule has 0 saturated carbocycles. The van der Waals surface area contributed by atoms with Crippen molar-refractivity contribution in [3.8, 4) is 16.9 Å². The molecule has 35 heavy (non-hydrogen) atoms. The summed E-state index contributed by atoms with van der Waals surface area (Å²) in [6.45, 7) is 6.66. The molecule has 3 heterocycles. The molecule has 1 aromatic heterocycles. The molecule has 0 spiro atoms. The molecule has 2 aliphatic heterocycles. The lowest BCUT2D eigenvalue weighted by atomic mass is 9.99. The molecule has 0 aliphatic carbocycles. The Morgan fingerprint density at radius 1 is 1.11 bits per heavy atom. The molecule has 2 atom stereocenters. The van der Waals surface area contributed by atoms with Crippen LogP contribution in [0.3, 0.4) is 0 Å².